The zero-order valence-electron chi connectivity index (χ0n) is 8.35. The van der Waals surface area contributed by atoms with E-state index in [2.05, 4.69) is 10.1 Å². The fourth-order valence-corrected chi connectivity index (χ4v) is 0.764. The Hall–Kier alpha value is -0.400. The number of aliphatic hydroxyl groups is 1. The van der Waals surface area contributed by atoms with E-state index < -0.39 is 31.7 Å². The molecule has 0 radical (unpaired) electrons. The van der Waals surface area contributed by atoms with Gasteiger partial charge in [-0.2, -0.15) is 8.78 Å². The van der Waals surface area contributed by atoms with Gasteiger partial charge in [0.25, 0.3) is 0 Å². The normalized spacial score (nSPS) is 14.6. The molecule has 0 aromatic rings. The lowest BCUT2D eigenvalue weighted by atomic mass is 10.3. The maximum atomic E-state index is 12.3. The van der Waals surface area contributed by atoms with Crippen molar-refractivity contribution in [3.8, 4) is 0 Å². The first-order valence-corrected chi connectivity index (χ1v) is 4.52. The predicted octanol–water partition coefficient (Wildman–Crippen LogP) is 0.874. The smallest absolute Gasteiger partial charge is 0.330 e. The molecule has 1 atom stereocenters. The molecular weight excluding hydrogens is 218 g/mol. The van der Waals surface area contributed by atoms with Gasteiger partial charge in [0.1, 0.15) is 6.61 Å². The topological polar surface area (TPSA) is 41.5 Å². The van der Waals surface area contributed by atoms with Crippen molar-refractivity contribution in [2.75, 3.05) is 26.3 Å². The fraction of sp³-hybridized carbons (Fsp3) is 1.00. The van der Waals surface area contributed by atoms with Crippen LogP contribution in [-0.4, -0.2) is 49.9 Å². The van der Waals surface area contributed by atoms with Crippen molar-refractivity contribution in [2.24, 2.45) is 0 Å². The molecule has 7 heteroatoms. The van der Waals surface area contributed by atoms with Crippen LogP contribution in [0.1, 0.15) is 6.92 Å². The molecule has 0 rings (SSSR count). The van der Waals surface area contributed by atoms with Gasteiger partial charge in [-0.25, -0.2) is 8.78 Å². The molecule has 0 aliphatic carbocycles. The van der Waals surface area contributed by atoms with Gasteiger partial charge in [-0.1, -0.05) is 6.92 Å². The number of ether oxygens (including phenoxy) is 1. The van der Waals surface area contributed by atoms with E-state index in [1.807, 2.05) is 0 Å². The van der Waals surface area contributed by atoms with Crippen molar-refractivity contribution >= 4 is 0 Å². The summed E-state index contributed by atoms with van der Waals surface area (Å²) >= 11 is 0. The molecule has 0 saturated carbocycles. The molecule has 2 N–H and O–H groups in total. The Labute approximate surface area is 85.4 Å². The van der Waals surface area contributed by atoms with Crippen molar-refractivity contribution in [1.29, 1.82) is 0 Å². The summed E-state index contributed by atoms with van der Waals surface area (Å²) < 4.78 is 52.1. The van der Waals surface area contributed by atoms with Crippen molar-refractivity contribution < 1.29 is 27.4 Å². The maximum Gasteiger partial charge on any atom is 0.330 e. The summed E-state index contributed by atoms with van der Waals surface area (Å²) in [6, 6.07) is 0. The Balaban J connectivity index is 3.60. The van der Waals surface area contributed by atoms with Gasteiger partial charge in [-0.05, 0) is 6.54 Å². The standard InChI is InChI=1S/C8H15F4NO2/c1-2-13-3-6(14)4-15-5-8(11,12)7(9)10/h6-7,13-14H,2-5H2,1H3. The van der Waals surface area contributed by atoms with Gasteiger partial charge in [-0.3, -0.25) is 0 Å². The lowest BCUT2D eigenvalue weighted by Crippen LogP contribution is -2.36. The van der Waals surface area contributed by atoms with E-state index in [0.29, 0.717) is 6.54 Å². The van der Waals surface area contributed by atoms with Crippen LogP contribution in [0.25, 0.3) is 0 Å². The van der Waals surface area contributed by atoms with Crippen molar-refractivity contribution in [3.05, 3.63) is 0 Å². The van der Waals surface area contributed by atoms with Crippen molar-refractivity contribution in [1.82, 2.24) is 5.32 Å². The molecule has 0 aromatic heterocycles. The highest BCUT2D eigenvalue weighted by atomic mass is 19.3. The second-order valence-corrected chi connectivity index (χ2v) is 3.04. The Kier molecular flexibility index (Phi) is 6.78. The molecule has 0 aromatic carbocycles. The summed E-state index contributed by atoms with van der Waals surface area (Å²) in [6.45, 7) is 0.822. The zero-order chi connectivity index (χ0) is 11.9. The van der Waals surface area contributed by atoms with E-state index in [0.717, 1.165) is 0 Å². The molecule has 1 unspecified atom stereocenters. The number of alkyl halides is 4. The third-order valence-electron chi connectivity index (χ3n) is 1.55. The number of aliphatic hydroxyl groups excluding tert-OH is 1. The quantitative estimate of drug-likeness (QED) is 0.611. The van der Waals surface area contributed by atoms with Gasteiger partial charge in [0.15, 0.2) is 0 Å². The molecule has 0 bridgehead atoms. The van der Waals surface area contributed by atoms with E-state index >= 15 is 0 Å². The summed E-state index contributed by atoms with van der Waals surface area (Å²) in [7, 11) is 0. The van der Waals surface area contributed by atoms with Crippen LogP contribution in [0.3, 0.4) is 0 Å². The second kappa shape index (κ2) is 6.97. The van der Waals surface area contributed by atoms with Crippen LogP contribution in [0, 0.1) is 0 Å². The van der Waals surface area contributed by atoms with Gasteiger partial charge in [0.05, 0.1) is 12.7 Å². The highest BCUT2D eigenvalue weighted by Crippen LogP contribution is 2.22. The van der Waals surface area contributed by atoms with E-state index in [1.165, 1.54) is 0 Å². The van der Waals surface area contributed by atoms with Crippen LogP contribution in [-0.2, 0) is 4.74 Å². The van der Waals surface area contributed by atoms with Gasteiger partial charge < -0.3 is 15.2 Å². The summed E-state index contributed by atoms with van der Waals surface area (Å²) in [5.74, 6) is -4.15. The average Bonchev–Trinajstić information content (AvgIpc) is 2.14. The van der Waals surface area contributed by atoms with E-state index in [9.17, 15) is 17.6 Å². The van der Waals surface area contributed by atoms with E-state index in [1.54, 1.807) is 6.92 Å². The molecule has 0 amide bonds. The van der Waals surface area contributed by atoms with Crippen LogP contribution in [0.4, 0.5) is 17.6 Å². The Morgan fingerprint density at radius 2 is 2.00 bits per heavy atom. The summed E-state index contributed by atoms with van der Waals surface area (Å²) in [5, 5.41) is 11.8. The number of hydrogen-bond acceptors (Lipinski definition) is 3. The first-order valence-electron chi connectivity index (χ1n) is 4.52. The Morgan fingerprint density at radius 1 is 1.40 bits per heavy atom. The van der Waals surface area contributed by atoms with Gasteiger partial charge in [0.2, 0.25) is 0 Å². The lowest BCUT2D eigenvalue weighted by Gasteiger charge is -2.17. The number of hydrogen-bond donors (Lipinski definition) is 2. The number of rotatable bonds is 8. The number of nitrogens with one attached hydrogen (secondary N) is 1. The first kappa shape index (κ1) is 14.6. The Morgan fingerprint density at radius 3 is 2.47 bits per heavy atom. The van der Waals surface area contributed by atoms with Gasteiger partial charge in [0, 0.05) is 6.54 Å². The highest BCUT2D eigenvalue weighted by molar-refractivity contribution is 4.68. The number of halogens is 4. The largest absolute Gasteiger partial charge is 0.389 e. The number of likely N-dealkylation sites (N-methyl/N-ethyl adjacent to an activating group) is 1. The highest BCUT2D eigenvalue weighted by Gasteiger charge is 2.41. The fourth-order valence-electron chi connectivity index (χ4n) is 0.764. The molecule has 0 spiro atoms. The van der Waals surface area contributed by atoms with Crippen molar-refractivity contribution in [2.45, 2.75) is 25.4 Å². The minimum atomic E-state index is -4.15. The monoisotopic (exact) mass is 233 g/mol. The van der Waals surface area contributed by atoms with Gasteiger partial charge >= 0.3 is 12.3 Å². The third kappa shape index (κ3) is 6.64. The zero-order valence-corrected chi connectivity index (χ0v) is 8.35. The molecular formula is C8H15F4NO2. The molecule has 0 fully saturated rings. The van der Waals surface area contributed by atoms with Crippen LogP contribution in [0.2, 0.25) is 0 Å². The predicted molar refractivity (Wildman–Crippen MR) is 46.3 cm³/mol. The second-order valence-electron chi connectivity index (χ2n) is 3.04. The van der Waals surface area contributed by atoms with E-state index in [4.69, 9.17) is 5.11 Å². The maximum absolute atomic E-state index is 12.3. The minimum absolute atomic E-state index is 0.177. The molecule has 15 heavy (non-hydrogen) atoms. The van der Waals surface area contributed by atoms with E-state index in [-0.39, 0.29) is 6.54 Å². The molecule has 0 heterocycles. The third-order valence-corrected chi connectivity index (χ3v) is 1.55. The molecule has 0 aliphatic rings. The molecule has 0 saturated heterocycles. The van der Waals surface area contributed by atoms with Crippen LogP contribution in [0.15, 0.2) is 0 Å². The molecule has 92 valence electrons. The van der Waals surface area contributed by atoms with Gasteiger partial charge in [-0.15, -0.1) is 0 Å². The minimum Gasteiger partial charge on any atom is -0.389 e. The average molecular weight is 233 g/mol. The van der Waals surface area contributed by atoms with Crippen molar-refractivity contribution in [3.63, 3.8) is 0 Å². The van der Waals surface area contributed by atoms with Crippen LogP contribution in [0.5, 0.6) is 0 Å². The lowest BCUT2D eigenvalue weighted by molar-refractivity contribution is -0.170. The molecule has 0 aliphatic heterocycles. The van der Waals surface area contributed by atoms with Crippen LogP contribution >= 0.6 is 0 Å². The first-order chi connectivity index (χ1) is 6.90. The van der Waals surface area contributed by atoms with Crippen LogP contribution < -0.4 is 5.32 Å². The summed E-state index contributed by atoms with van der Waals surface area (Å²) in [6.07, 6.45) is -4.72. The Bertz CT molecular complexity index is 169. The molecule has 3 nitrogen and oxygen atoms in total. The SMILES string of the molecule is CCNCC(O)COCC(F)(F)C(F)F. The summed E-state index contributed by atoms with van der Waals surface area (Å²) in [5.41, 5.74) is 0. The summed E-state index contributed by atoms with van der Waals surface area (Å²) in [4.78, 5) is 0.